The lowest BCUT2D eigenvalue weighted by atomic mass is 10.4. The summed E-state index contributed by atoms with van der Waals surface area (Å²) in [6.07, 6.45) is 1.03. The maximum atomic E-state index is 10.6. The smallest absolute Gasteiger partial charge is 0.115 e. The predicted octanol–water partition coefficient (Wildman–Crippen LogP) is -1.11. The van der Waals surface area contributed by atoms with Crippen molar-refractivity contribution in [2.75, 3.05) is 19.4 Å². The normalized spacial score (nSPS) is 32.9. The van der Waals surface area contributed by atoms with Crippen LogP contribution < -0.4 is 0 Å². The molecule has 1 unspecified atom stereocenters. The zero-order valence-electron chi connectivity index (χ0n) is 5.11. The standard InChI is InChI=1S/C4H9NO3S/c1-9(7)5-2-4(6)3-8-5/h4,6H,2-3H2,1H3/t4-,9?/m1/s1. The first-order chi connectivity index (χ1) is 4.20. The van der Waals surface area contributed by atoms with Crippen LogP contribution in [0.25, 0.3) is 0 Å². The van der Waals surface area contributed by atoms with Gasteiger partial charge in [0.25, 0.3) is 0 Å². The highest BCUT2D eigenvalue weighted by Gasteiger charge is 2.23. The first-order valence-corrected chi connectivity index (χ1v) is 4.13. The number of β-amino-alcohol motifs (C(OH)–C–C–N with tert-alkyl or cyclic N) is 1. The minimum atomic E-state index is -1.11. The van der Waals surface area contributed by atoms with Gasteiger partial charge in [0.05, 0.1) is 19.3 Å². The van der Waals surface area contributed by atoms with E-state index in [0.717, 1.165) is 0 Å². The van der Waals surface area contributed by atoms with Gasteiger partial charge in [0, 0.05) is 6.26 Å². The summed E-state index contributed by atoms with van der Waals surface area (Å²) in [5.74, 6) is 0. The van der Waals surface area contributed by atoms with E-state index in [-0.39, 0.29) is 6.61 Å². The highest BCUT2D eigenvalue weighted by atomic mass is 32.2. The van der Waals surface area contributed by atoms with Gasteiger partial charge >= 0.3 is 0 Å². The predicted molar refractivity (Wildman–Crippen MR) is 32.7 cm³/mol. The molecule has 1 N–H and O–H groups in total. The molecule has 1 aliphatic heterocycles. The number of hydrogen-bond acceptors (Lipinski definition) is 3. The van der Waals surface area contributed by atoms with Gasteiger partial charge in [-0.2, -0.15) is 0 Å². The van der Waals surface area contributed by atoms with Crippen molar-refractivity contribution >= 4 is 11.0 Å². The second-order valence-electron chi connectivity index (χ2n) is 1.89. The molecule has 0 amide bonds. The van der Waals surface area contributed by atoms with Gasteiger partial charge in [-0.15, -0.1) is 4.47 Å². The second kappa shape index (κ2) is 2.74. The summed E-state index contributed by atoms with van der Waals surface area (Å²) in [6.45, 7) is 0.614. The zero-order valence-corrected chi connectivity index (χ0v) is 5.93. The summed E-state index contributed by atoms with van der Waals surface area (Å²) in [6, 6.07) is 0. The molecule has 5 heteroatoms. The molecule has 1 fully saturated rings. The van der Waals surface area contributed by atoms with Crippen LogP contribution in [0.15, 0.2) is 0 Å². The molecule has 1 saturated heterocycles. The van der Waals surface area contributed by atoms with E-state index in [1.54, 1.807) is 0 Å². The molecule has 0 aliphatic carbocycles. The average Bonchev–Trinajstić information content (AvgIpc) is 2.14. The molecular formula is C4H9NO3S. The topological polar surface area (TPSA) is 49.8 Å². The Hall–Kier alpha value is 0.0300. The molecule has 0 spiro atoms. The first kappa shape index (κ1) is 7.14. The fourth-order valence-electron chi connectivity index (χ4n) is 0.626. The van der Waals surface area contributed by atoms with Crippen LogP contribution in [-0.4, -0.2) is 39.3 Å². The molecule has 54 valence electrons. The van der Waals surface area contributed by atoms with E-state index in [4.69, 9.17) is 9.94 Å². The molecule has 0 bridgehead atoms. The van der Waals surface area contributed by atoms with Crippen molar-refractivity contribution in [3.63, 3.8) is 0 Å². The van der Waals surface area contributed by atoms with E-state index >= 15 is 0 Å². The molecule has 4 nitrogen and oxygen atoms in total. The van der Waals surface area contributed by atoms with Gasteiger partial charge in [-0.25, -0.2) is 4.21 Å². The Labute approximate surface area is 56.0 Å². The molecule has 1 rings (SSSR count). The summed E-state index contributed by atoms with van der Waals surface area (Å²) >= 11 is 0. The average molecular weight is 151 g/mol. The molecule has 1 aliphatic rings. The fraction of sp³-hybridized carbons (Fsp3) is 1.00. The molecule has 0 aromatic rings. The molecule has 9 heavy (non-hydrogen) atoms. The third-order valence-corrected chi connectivity index (χ3v) is 1.89. The van der Waals surface area contributed by atoms with Crippen molar-refractivity contribution in [2.45, 2.75) is 6.10 Å². The summed E-state index contributed by atoms with van der Waals surface area (Å²) in [5.41, 5.74) is 0. The lowest BCUT2D eigenvalue weighted by Gasteiger charge is -2.06. The Bertz CT molecular complexity index is 129. The van der Waals surface area contributed by atoms with Gasteiger partial charge in [0.2, 0.25) is 0 Å². The summed E-state index contributed by atoms with van der Waals surface area (Å²) in [4.78, 5) is 4.81. The van der Waals surface area contributed by atoms with E-state index in [0.29, 0.717) is 6.54 Å². The lowest BCUT2D eigenvalue weighted by molar-refractivity contribution is -0.0262. The van der Waals surface area contributed by atoms with Gasteiger partial charge < -0.3 is 5.11 Å². The molecular weight excluding hydrogens is 142 g/mol. The maximum absolute atomic E-state index is 10.6. The van der Waals surface area contributed by atoms with E-state index < -0.39 is 17.1 Å². The Balaban J connectivity index is 2.39. The van der Waals surface area contributed by atoms with Crippen molar-refractivity contribution in [1.29, 1.82) is 0 Å². The van der Waals surface area contributed by atoms with Gasteiger partial charge in [-0.1, -0.05) is 0 Å². The number of rotatable bonds is 1. The number of aliphatic hydroxyl groups is 1. The third kappa shape index (κ3) is 1.72. The van der Waals surface area contributed by atoms with Crippen LogP contribution in [0, 0.1) is 0 Å². The third-order valence-electron chi connectivity index (χ3n) is 1.06. The minimum Gasteiger partial charge on any atom is -0.389 e. The van der Waals surface area contributed by atoms with E-state index in [2.05, 4.69) is 0 Å². The Kier molecular flexibility index (Phi) is 2.18. The second-order valence-corrected chi connectivity index (χ2v) is 3.14. The Morgan fingerprint density at radius 2 is 2.56 bits per heavy atom. The van der Waals surface area contributed by atoms with Gasteiger partial charge in [0.15, 0.2) is 0 Å². The van der Waals surface area contributed by atoms with Crippen molar-refractivity contribution in [2.24, 2.45) is 0 Å². The Morgan fingerprint density at radius 3 is 2.78 bits per heavy atom. The SMILES string of the molecule is CS(=O)N1C[C@@H](O)CO1. The van der Waals surface area contributed by atoms with E-state index in [1.165, 1.54) is 10.7 Å². The highest BCUT2D eigenvalue weighted by Crippen LogP contribution is 2.05. The molecule has 0 saturated carbocycles. The quantitative estimate of drug-likeness (QED) is 0.517. The molecule has 1 heterocycles. The largest absolute Gasteiger partial charge is 0.389 e. The van der Waals surface area contributed by atoms with Crippen LogP contribution in [0.5, 0.6) is 0 Å². The van der Waals surface area contributed by atoms with Gasteiger partial charge in [-0.05, 0) is 0 Å². The molecule has 0 aromatic carbocycles. The van der Waals surface area contributed by atoms with Crippen molar-refractivity contribution in [3.05, 3.63) is 0 Å². The fourth-order valence-corrected chi connectivity index (χ4v) is 1.22. The maximum Gasteiger partial charge on any atom is 0.115 e. The van der Waals surface area contributed by atoms with Gasteiger partial charge in [-0.3, -0.25) is 4.84 Å². The van der Waals surface area contributed by atoms with Crippen molar-refractivity contribution in [1.82, 2.24) is 4.47 Å². The van der Waals surface area contributed by atoms with Crippen molar-refractivity contribution in [3.8, 4) is 0 Å². The van der Waals surface area contributed by atoms with Gasteiger partial charge in [0.1, 0.15) is 11.0 Å². The Morgan fingerprint density at radius 1 is 1.89 bits per heavy atom. The highest BCUT2D eigenvalue weighted by molar-refractivity contribution is 7.81. The van der Waals surface area contributed by atoms with E-state index in [9.17, 15) is 4.21 Å². The number of nitrogens with zero attached hydrogens (tertiary/aromatic N) is 1. The van der Waals surface area contributed by atoms with Crippen LogP contribution in [0.1, 0.15) is 0 Å². The summed E-state index contributed by atoms with van der Waals surface area (Å²) in [5, 5.41) is 8.85. The van der Waals surface area contributed by atoms with Crippen LogP contribution >= 0.6 is 0 Å². The van der Waals surface area contributed by atoms with Crippen LogP contribution in [-0.2, 0) is 15.8 Å². The molecule has 0 radical (unpaired) electrons. The first-order valence-electron chi connectivity index (χ1n) is 2.62. The zero-order chi connectivity index (χ0) is 6.85. The van der Waals surface area contributed by atoms with Crippen LogP contribution in [0.2, 0.25) is 0 Å². The van der Waals surface area contributed by atoms with E-state index in [1.807, 2.05) is 0 Å². The molecule has 0 aromatic heterocycles. The minimum absolute atomic E-state index is 0.263. The lowest BCUT2D eigenvalue weighted by Crippen LogP contribution is -2.22. The number of hydrogen-bond donors (Lipinski definition) is 1. The monoisotopic (exact) mass is 151 g/mol. The van der Waals surface area contributed by atoms with Crippen LogP contribution in [0.3, 0.4) is 0 Å². The molecule has 2 atom stereocenters. The van der Waals surface area contributed by atoms with Crippen LogP contribution in [0.4, 0.5) is 0 Å². The summed E-state index contributed by atoms with van der Waals surface area (Å²) in [7, 11) is -1.11. The van der Waals surface area contributed by atoms with Crippen molar-refractivity contribution < 1.29 is 14.2 Å². The summed E-state index contributed by atoms with van der Waals surface area (Å²) < 4.78 is 11.9. The number of aliphatic hydroxyl groups excluding tert-OH is 1. The number of hydroxylamine groups is 1.